The number of aliphatic carboxylic acids is 1. The van der Waals surface area contributed by atoms with Crippen LogP contribution in [-0.4, -0.2) is 26.0 Å². The molecular formula is C12H18BrNO4S2. The second-order valence-electron chi connectivity index (χ2n) is 4.99. The van der Waals surface area contributed by atoms with Gasteiger partial charge in [0, 0.05) is 11.4 Å². The highest BCUT2D eigenvalue weighted by molar-refractivity contribution is 9.11. The average Bonchev–Trinajstić information content (AvgIpc) is 2.63. The van der Waals surface area contributed by atoms with E-state index in [1.165, 1.54) is 17.4 Å². The lowest BCUT2D eigenvalue weighted by molar-refractivity contribution is -0.142. The Bertz CT molecular complexity index is 580. The van der Waals surface area contributed by atoms with Gasteiger partial charge in [-0.1, -0.05) is 13.8 Å². The molecule has 0 saturated carbocycles. The summed E-state index contributed by atoms with van der Waals surface area (Å²) in [6, 6.07) is 1.53. The van der Waals surface area contributed by atoms with Crippen LogP contribution in [0.2, 0.25) is 0 Å². The van der Waals surface area contributed by atoms with Crippen molar-refractivity contribution in [1.82, 2.24) is 4.72 Å². The monoisotopic (exact) mass is 383 g/mol. The van der Waals surface area contributed by atoms with Crippen LogP contribution in [0.15, 0.2) is 14.7 Å². The Morgan fingerprint density at radius 1 is 1.50 bits per heavy atom. The molecule has 0 spiro atoms. The van der Waals surface area contributed by atoms with Gasteiger partial charge in [0.05, 0.1) is 14.6 Å². The van der Waals surface area contributed by atoms with E-state index in [9.17, 15) is 13.2 Å². The first kappa shape index (κ1) is 17.6. The van der Waals surface area contributed by atoms with Crippen molar-refractivity contribution < 1.29 is 18.3 Å². The molecule has 0 bridgehead atoms. The van der Waals surface area contributed by atoms with Crippen LogP contribution in [0.3, 0.4) is 0 Å². The largest absolute Gasteiger partial charge is 0.481 e. The molecule has 0 aliphatic heterocycles. The number of carboxylic acids is 1. The number of rotatable bonds is 7. The van der Waals surface area contributed by atoms with Crippen molar-refractivity contribution in [2.45, 2.75) is 32.1 Å². The van der Waals surface area contributed by atoms with Crippen molar-refractivity contribution in [3.63, 3.8) is 0 Å². The third kappa shape index (κ3) is 4.83. The predicted octanol–water partition coefficient (Wildman–Crippen LogP) is 2.84. The van der Waals surface area contributed by atoms with Gasteiger partial charge in [-0.25, -0.2) is 13.1 Å². The minimum Gasteiger partial charge on any atom is -0.481 e. The van der Waals surface area contributed by atoms with Gasteiger partial charge in [-0.2, -0.15) is 0 Å². The molecule has 0 aromatic carbocycles. The van der Waals surface area contributed by atoms with Gasteiger partial charge in [-0.15, -0.1) is 11.3 Å². The molecule has 1 aromatic heterocycles. The molecular weight excluding hydrogens is 366 g/mol. The van der Waals surface area contributed by atoms with Crippen LogP contribution >= 0.6 is 27.3 Å². The fourth-order valence-electron chi connectivity index (χ4n) is 1.83. The van der Waals surface area contributed by atoms with Gasteiger partial charge in [0.15, 0.2) is 0 Å². The number of thiophene rings is 1. The van der Waals surface area contributed by atoms with Crippen molar-refractivity contribution in [2.24, 2.45) is 11.8 Å². The first-order chi connectivity index (χ1) is 9.13. The number of hydrogen-bond acceptors (Lipinski definition) is 4. The number of halogens is 1. The summed E-state index contributed by atoms with van der Waals surface area (Å²) in [7, 11) is -3.67. The second-order valence-corrected chi connectivity index (χ2v) is 9.36. The quantitative estimate of drug-likeness (QED) is 0.757. The van der Waals surface area contributed by atoms with Crippen molar-refractivity contribution in [2.75, 3.05) is 6.54 Å². The van der Waals surface area contributed by atoms with Crippen molar-refractivity contribution in [3.05, 3.63) is 14.7 Å². The van der Waals surface area contributed by atoms with Gasteiger partial charge in [0.25, 0.3) is 0 Å². The first-order valence-electron chi connectivity index (χ1n) is 6.12. The van der Waals surface area contributed by atoms with Gasteiger partial charge in [0.1, 0.15) is 0 Å². The van der Waals surface area contributed by atoms with Crippen LogP contribution in [0.1, 0.15) is 25.1 Å². The highest BCUT2D eigenvalue weighted by Crippen LogP contribution is 2.29. The molecule has 0 saturated heterocycles. The van der Waals surface area contributed by atoms with Crippen LogP contribution in [0.25, 0.3) is 0 Å². The van der Waals surface area contributed by atoms with E-state index in [4.69, 9.17) is 5.11 Å². The van der Waals surface area contributed by atoms with E-state index in [2.05, 4.69) is 20.7 Å². The summed E-state index contributed by atoms with van der Waals surface area (Å²) in [5.74, 6) is -1.51. The lowest BCUT2D eigenvalue weighted by Crippen LogP contribution is -2.33. The van der Waals surface area contributed by atoms with Crippen molar-refractivity contribution >= 4 is 43.3 Å². The Balaban J connectivity index is 2.81. The van der Waals surface area contributed by atoms with E-state index < -0.39 is 21.9 Å². The summed E-state index contributed by atoms with van der Waals surface area (Å²) in [6.07, 6.45) is 0.435. The summed E-state index contributed by atoms with van der Waals surface area (Å²) in [5.41, 5.74) is 0. The summed E-state index contributed by atoms with van der Waals surface area (Å²) in [5, 5.41) is 9.11. The van der Waals surface area contributed by atoms with E-state index >= 15 is 0 Å². The van der Waals surface area contributed by atoms with Crippen LogP contribution in [-0.2, 0) is 14.8 Å². The number of sulfonamides is 1. The molecule has 1 unspecified atom stereocenters. The minimum absolute atomic E-state index is 0.0945. The molecule has 0 fully saturated rings. The van der Waals surface area contributed by atoms with E-state index in [1.54, 1.807) is 6.92 Å². The maximum atomic E-state index is 12.2. The molecule has 0 aliphatic carbocycles. The normalized spacial score (nSPS) is 13.7. The van der Waals surface area contributed by atoms with E-state index in [-0.39, 0.29) is 17.4 Å². The topological polar surface area (TPSA) is 83.5 Å². The molecule has 2 N–H and O–H groups in total. The molecule has 5 nitrogen and oxygen atoms in total. The maximum absolute atomic E-state index is 12.2. The number of carbonyl (C=O) groups is 1. The highest BCUT2D eigenvalue weighted by Gasteiger charge is 2.24. The van der Waals surface area contributed by atoms with Crippen LogP contribution < -0.4 is 4.72 Å². The van der Waals surface area contributed by atoms with Gasteiger partial charge >= 0.3 is 5.97 Å². The zero-order valence-electron chi connectivity index (χ0n) is 11.5. The van der Waals surface area contributed by atoms with Crippen LogP contribution in [0.4, 0.5) is 0 Å². The van der Waals surface area contributed by atoms with Crippen molar-refractivity contribution in [1.29, 1.82) is 0 Å². The molecule has 1 heterocycles. The van der Waals surface area contributed by atoms with E-state index in [0.29, 0.717) is 11.3 Å². The van der Waals surface area contributed by atoms with Crippen molar-refractivity contribution in [3.8, 4) is 0 Å². The minimum atomic E-state index is -3.67. The molecule has 0 radical (unpaired) electrons. The zero-order chi connectivity index (χ0) is 15.5. The zero-order valence-corrected chi connectivity index (χ0v) is 14.7. The summed E-state index contributed by atoms with van der Waals surface area (Å²) < 4.78 is 27.4. The highest BCUT2D eigenvalue weighted by atomic mass is 79.9. The standard InChI is InChI=1S/C12H18BrNO4S2/c1-7(2)4-9(12(15)16)6-14-20(17,18)10-5-11(13)19-8(10)3/h5,7,9,14H,4,6H2,1-3H3,(H,15,16). The molecule has 1 rings (SSSR count). The van der Waals surface area contributed by atoms with Gasteiger partial charge < -0.3 is 5.11 Å². The fourth-order valence-corrected chi connectivity index (χ4v) is 5.32. The third-order valence-corrected chi connectivity index (χ3v) is 5.99. The Morgan fingerprint density at radius 2 is 2.10 bits per heavy atom. The Morgan fingerprint density at radius 3 is 2.50 bits per heavy atom. The number of aryl methyl sites for hydroxylation is 1. The Labute approximate surface area is 131 Å². The summed E-state index contributed by atoms with van der Waals surface area (Å²) in [4.78, 5) is 12.0. The molecule has 8 heteroatoms. The molecule has 0 amide bonds. The van der Waals surface area contributed by atoms with Gasteiger partial charge in [0.2, 0.25) is 10.0 Å². The SMILES string of the molecule is Cc1sc(Br)cc1S(=O)(=O)NCC(CC(C)C)C(=O)O. The molecule has 114 valence electrons. The molecule has 1 atom stereocenters. The molecule has 20 heavy (non-hydrogen) atoms. The summed E-state index contributed by atoms with van der Waals surface area (Å²) in [6.45, 7) is 5.44. The third-order valence-electron chi connectivity index (χ3n) is 2.76. The predicted molar refractivity (Wildman–Crippen MR) is 82.5 cm³/mol. The lowest BCUT2D eigenvalue weighted by Gasteiger charge is -2.15. The Hall–Kier alpha value is -0.440. The number of nitrogens with one attached hydrogen (secondary N) is 1. The molecule has 0 aliphatic rings. The van der Waals surface area contributed by atoms with E-state index in [0.717, 1.165) is 3.79 Å². The molecule has 1 aromatic rings. The number of hydrogen-bond donors (Lipinski definition) is 2. The average molecular weight is 384 g/mol. The van der Waals surface area contributed by atoms with Gasteiger partial charge in [-0.05, 0) is 41.3 Å². The Kier molecular flexibility index (Phi) is 6.18. The second kappa shape index (κ2) is 7.02. The number of carboxylic acid groups (broad SMARTS) is 1. The summed E-state index contributed by atoms with van der Waals surface area (Å²) >= 11 is 4.57. The van der Waals surface area contributed by atoms with Crippen LogP contribution in [0, 0.1) is 18.8 Å². The fraction of sp³-hybridized carbons (Fsp3) is 0.583. The lowest BCUT2D eigenvalue weighted by atomic mass is 9.98. The smallest absolute Gasteiger partial charge is 0.307 e. The maximum Gasteiger partial charge on any atom is 0.307 e. The van der Waals surface area contributed by atoms with Gasteiger partial charge in [-0.3, -0.25) is 4.79 Å². The van der Waals surface area contributed by atoms with E-state index in [1.807, 2.05) is 13.8 Å². The van der Waals surface area contributed by atoms with Crippen LogP contribution in [0.5, 0.6) is 0 Å². The first-order valence-corrected chi connectivity index (χ1v) is 9.21.